The van der Waals surface area contributed by atoms with Crippen molar-refractivity contribution in [2.75, 3.05) is 12.4 Å². The van der Waals surface area contributed by atoms with Crippen molar-refractivity contribution >= 4 is 46.7 Å². The Morgan fingerprint density at radius 1 is 1.07 bits per heavy atom. The summed E-state index contributed by atoms with van der Waals surface area (Å²) < 4.78 is 10.2. The third-order valence-electron chi connectivity index (χ3n) is 3.91. The Labute approximate surface area is 173 Å². The van der Waals surface area contributed by atoms with Gasteiger partial charge in [0.2, 0.25) is 6.10 Å². The van der Waals surface area contributed by atoms with Crippen LogP contribution in [0.3, 0.4) is 0 Å². The first-order valence-corrected chi connectivity index (χ1v) is 9.44. The first kappa shape index (κ1) is 22.2. The van der Waals surface area contributed by atoms with Gasteiger partial charge in [0.1, 0.15) is 0 Å². The molecule has 2 N–H and O–H groups in total. The molecule has 0 aliphatic heterocycles. The van der Waals surface area contributed by atoms with Crippen molar-refractivity contribution in [1.29, 1.82) is 0 Å². The Balaban J connectivity index is 1.93. The summed E-state index contributed by atoms with van der Waals surface area (Å²) in [7, 11) is 1.25. The first-order chi connectivity index (χ1) is 13.2. The summed E-state index contributed by atoms with van der Waals surface area (Å²) in [4.78, 5) is 36.8. The number of carbonyl (C=O) groups excluding carboxylic acids is 3. The monoisotopic (exact) mass is 428 g/mol. The molecule has 9 heteroatoms. The summed E-state index contributed by atoms with van der Waals surface area (Å²) >= 11 is 11.8. The van der Waals surface area contributed by atoms with Gasteiger partial charge < -0.3 is 20.1 Å². The van der Waals surface area contributed by atoms with Crippen molar-refractivity contribution in [3.05, 3.63) is 40.4 Å². The fraction of sp³-hybridized carbons (Fsp3) is 0.421. The predicted octanol–water partition coefficient (Wildman–Crippen LogP) is 2.96. The predicted molar refractivity (Wildman–Crippen MR) is 106 cm³/mol. The molecule has 0 bridgehead atoms. The zero-order valence-corrected chi connectivity index (χ0v) is 17.2. The second-order valence-electron chi connectivity index (χ2n) is 6.59. The minimum absolute atomic E-state index is 0.212. The number of nitrogens with one attached hydrogen (secondary N) is 2. The van der Waals surface area contributed by atoms with Crippen molar-refractivity contribution in [3.8, 4) is 0 Å². The molecule has 152 valence electrons. The van der Waals surface area contributed by atoms with Crippen LogP contribution in [-0.4, -0.2) is 43.1 Å². The number of halogens is 2. The van der Waals surface area contributed by atoms with Gasteiger partial charge in [-0.2, -0.15) is 0 Å². The normalized spacial score (nSPS) is 19.4. The molecule has 0 fully saturated rings. The molecular weight excluding hydrogens is 407 g/mol. The Morgan fingerprint density at radius 3 is 2.29 bits per heavy atom. The lowest BCUT2D eigenvalue weighted by molar-refractivity contribution is -0.151. The molecule has 3 atom stereocenters. The van der Waals surface area contributed by atoms with Gasteiger partial charge in [-0.15, -0.1) is 0 Å². The second kappa shape index (κ2) is 9.91. The van der Waals surface area contributed by atoms with E-state index in [0.717, 1.165) is 0 Å². The van der Waals surface area contributed by atoms with Crippen molar-refractivity contribution in [1.82, 2.24) is 5.32 Å². The van der Waals surface area contributed by atoms with Gasteiger partial charge in [-0.05, 0) is 38.5 Å². The zero-order valence-electron chi connectivity index (χ0n) is 15.7. The van der Waals surface area contributed by atoms with E-state index in [0.29, 0.717) is 22.2 Å². The number of hydrogen-bond acceptors (Lipinski definition) is 5. The molecule has 1 aliphatic carbocycles. The molecule has 0 saturated heterocycles. The maximum atomic E-state index is 12.5. The molecule has 0 unspecified atom stereocenters. The number of hydrogen-bond donors (Lipinski definition) is 2. The number of amides is 2. The molecule has 0 aromatic heterocycles. The maximum absolute atomic E-state index is 12.5. The number of rotatable bonds is 7. The van der Waals surface area contributed by atoms with E-state index >= 15 is 0 Å². The number of benzene rings is 1. The molecule has 2 amide bonds. The molecule has 2 rings (SSSR count). The standard InChI is InChI=1S/C19H22Cl2N2O5/c1-10(2)28-19(26)11-4-5-14(6-11)22-17(24)16(27-3)18(25)23-15-8-12(20)7-13(21)9-15/h4-5,7-11,14,16H,6H2,1-3H3,(H,22,24)(H,23,25)/t11-,14+,16-/m1/s1. The lowest BCUT2D eigenvalue weighted by Crippen LogP contribution is -2.47. The smallest absolute Gasteiger partial charge is 0.313 e. The highest BCUT2D eigenvalue weighted by molar-refractivity contribution is 6.35. The highest BCUT2D eigenvalue weighted by Crippen LogP contribution is 2.23. The van der Waals surface area contributed by atoms with E-state index in [1.807, 2.05) is 0 Å². The number of anilines is 1. The Kier molecular flexibility index (Phi) is 7.86. The molecule has 7 nitrogen and oxygen atoms in total. The molecular formula is C19H22Cl2N2O5. The van der Waals surface area contributed by atoms with Gasteiger partial charge in [0.05, 0.1) is 12.0 Å². The van der Waals surface area contributed by atoms with E-state index in [4.69, 9.17) is 32.7 Å². The van der Waals surface area contributed by atoms with Crippen molar-refractivity contribution in [2.45, 2.75) is 38.5 Å². The van der Waals surface area contributed by atoms with E-state index < -0.39 is 29.9 Å². The van der Waals surface area contributed by atoms with Crippen LogP contribution in [0.25, 0.3) is 0 Å². The Hall–Kier alpha value is -2.09. The summed E-state index contributed by atoms with van der Waals surface area (Å²) in [6.45, 7) is 3.54. The van der Waals surface area contributed by atoms with Crippen molar-refractivity contribution in [2.24, 2.45) is 5.92 Å². The summed E-state index contributed by atoms with van der Waals surface area (Å²) in [5.41, 5.74) is 0.342. The largest absolute Gasteiger partial charge is 0.463 e. The van der Waals surface area contributed by atoms with Crippen LogP contribution in [-0.2, 0) is 23.9 Å². The molecule has 0 saturated carbocycles. The fourth-order valence-corrected chi connectivity index (χ4v) is 3.25. The maximum Gasteiger partial charge on any atom is 0.313 e. The Morgan fingerprint density at radius 2 is 1.71 bits per heavy atom. The minimum Gasteiger partial charge on any atom is -0.463 e. The first-order valence-electron chi connectivity index (χ1n) is 8.68. The van der Waals surface area contributed by atoms with Gasteiger partial charge in [-0.1, -0.05) is 35.4 Å². The number of methoxy groups -OCH3 is 1. The average molecular weight is 429 g/mol. The summed E-state index contributed by atoms with van der Waals surface area (Å²) in [5.74, 6) is -2.07. The number of ether oxygens (including phenoxy) is 2. The van der Waals surface area contributed by atoms with Crippen LogP contribution in [0.4, 0.5) is 5.69 Å². The van der Waals surface area contributed by atoms with Gasteiger partial charge in [-0.3, -0.25) is 14.4 Å². The van der Waals surface area contributed by atoms with E-state index in [1.165, 1.54) is 25.3 Å². The SMILES string of the molecule is CO[C@@H](C(=O)Nc1cc(Cl)cc(Cl)c1)C(=O)N[C@H]1C=C[C@@H](C(=O)OC(C)C)C1. The Bertz CT molecular complexity index is 761. The van der Waals surface area contributed by atoms with Crippen LogP contribution in [0.2, 0.25) is 10.0 Å². The minimum atomic E-state index is -1.38. The molecule has 1 aromatic rings. The van der Waals surface area contributed by atoms with Crippen LogP contribution in [0.5, 0.6) is 0 Å². The van der Waals surface area contributed by atoms with Crippen LogP contribution < -0.4 is 10.6 Å². The highest BCUT2D eigenvalue weighted by atomic mass is 35.5. The van der Waals surface area contributed by atoms with E-state index in [-0.39, 0.29) is 12.1 Å². The quantitative estimate of drug-likeness (QED) is 0.395. The lowest BCUT2D eigenvalue weighted by Gasteiger charge is -2.19. The third-order valence-corrected chi connectivity index (χ3v) is 4.34. The van der Waals surface area contributed by atoms with Crippen molar-refractivity contribution in [3.63, 3.8) is 0 Å². The van der Waals surface area contributed by atoms with Gasteiger partial charge >= 0.3 is 5.97 Å². The molecule has 1 aromatic carbocycles. The highest BCUT2D eigenvalue weighted by Gasteiger charge is 2.32. The van der Waals surface area contributed by atoms with Crippen molar-refractivity contribution < 1.29 is 23.9 Å². The third kappa shape index (κ3) is 6.22. The second-order valence-corrected chi connectivity index (χ2v) is 7.46. The van der Waals surface area contributed by atoms with Crippen LogP contribution in [0, 0.1) is 5.92 Å². The van der Waals surface area contributed by atoms with Gasteiger partial charge in [0.15, 0.2) is 0 Å². The van der Waals surface area contributed by atoms with Crippen LogP contribution in [0.1, 0.15) is 20.3 Å². The lowest BCUT2D eigenvalue weighted by atomic mass is 10.1. The topological polar surface area (TPSA) is 93.7 Å². The molecule has 0 spiro atoms. The molecule has 0 radical (unpaired) electrons. The van der Waals surface area contributed by atoms with Crippen LogP contribution in [0.15, 0.2) is 30.4 Å². The number of carbonyl (C=O) groups is 3. The van der Waals surface area contributed by atoms with E-state index in [1.54, 1.807) is 26.0 Å². The molecule has 0 heterocycles. The summed E-state index contributed by atoms with van der Waals surface area (Å²) in [5, 5.41) is 5.92. The number of esters is 1. The van der Waals surface area contributed by atoms with Crippen LogP contribution >= 0.6 is 23.2 Å². The van der Waals surface area contributed by atoms with E-state index in [2.05, 4.69) is 10.6 Å². The van der Waals surface area contributed by atoms with Gasteiger partial charge in [0.25, 0.3) is 11.8 Å². The summed E-state index contributed by atoms with van der Waals surface area (Å²) in [6.07, 6.45) is 2.15. The van der Waals surface area contributed by atoms with Gasteiger partial charge in [0, 0.05) is 28.9 Å². The van der Waals surface area contributed by atoms with E-state index in [9.17, 15) is 14.4 Å². The van der Waals surface area contributed by atoms with Gasteiger partial charge in [-0.25, -0.2) is 0 Å². The zero-order chi connectivity index (χ0) is 20.8. The fourth-order valence-electron chi connectivity index (χ4n) is 2.73. The average Bonchev–Trinajstić information content (AvgIpc) is 3.02. The molecule has 1 aliphatic rings. The molecule has 28 heavy (non-hydrogen) atoms. The summed E-state index contributed by atoms with van der Waals surface area (Å²) in [6, 6.07) is 4.12.